The van der Waals surface area contributed by atoms with E-state index in [0.717, 1.165) is 6.20 Å². The highest BCUT2D eigenvalue weighted by atomic mass is 19.1. The minimum atomic E-state index is -0.429. The monoisotopic (exact) mass is 257 g/mol. The maximum Gasteiger partial charge on any atom is 0.279 e. The van der Waals surface area contributed by atoms with Gasteiger partial charge in [0.05, 0.1) is 11.9 Å². The summed E-state index contributed by atoms with van der Waals surface area (Å²) in [7, 11) is 0. The number of aromatic nitrogens is 4. The molecule has 0 aliphatic rings. The first-order valence-corrected chi connectivity index (χ1v) is 5.40. The molecule has 3 aromatic heterocycles. The second-order valence-electron chi connectivity index (χ2n) is 3.73. The number of hydrogen-bond acceptors (Lipinski definition) is 6. The predicted molar refractivity (Wildman–Crippen MR) is 65.1 cm³/mol. The van der Waals surface area contributed by atoms with Crippen LogP contribution in [0.15, 0.2) is 41.2 Å². The van der Waals surface area contributed by atoms with Crippen molar-refractivity contribution in [3.8, 4) is 23.1 Å². The molecular weight excluding hydrogens is 249 g/mol. The fourth-order valence-corrected chi connectivity index (χ4v) is 1.53. The van der Waals surface area contributed by atoms with Gasteiger partial charge in [0.2, 0.25) is 5.82 Å². The van der Waals surface area contributed by atoms with Crippen LogP contribution < -0.4 is 5.73 Å². The number of nitrogens with two attached hydrogens (primary N) is 1. The Hall–Kier alpha value is -2.83. The van der Waals surface area contributed by atoms with Crippen molar-refractivity contribution < 1.29 is 8.91 Å². The molecule has 3 rings (SSSR count). The molecule has 6 nitrogen and oxygen atoms in total. The van der Waals surface area contributed by atoms with Crippen LogP contribution in [-0.4, -0.2) is 20.1 Å². The van der Waals surface area contributed by atoms with Gasteiger partial charge in [-0.2, -0.15) is 4.98 Å². The molecule has 0 aliphatic carbocycles. The van der Waals surface area contributed by atoms with Gasteiger partial charge in [0, 0.05) is 6.20 Å². The van der Waals surface area contributed by atoms with Crippen LogP contribution in [0, 0.1) is 5.82 Å². The van der Waals surface area contributed by atoms with Crippen molar-refractivity contribution >= 4 is 5.69 Å². The minimum Gasteiger partial charge on any atom is -0.397 e. The molecule has 3 heterocycles. The summed E-state index contributed by atoms with van der Waals surface area (Å²) < 4.78 is 17.9. The zero-order valence-electron chi connectivity index (χ0n) is 9.62. The largest absolute Gasteiger partial charge is 0.397 e. The number of nitrogen functional groups attached to an aromatic ring is 1. The lowest BCUT2D eigenvalue weighted by Gasteiger charge is -1.96. The van der Waals surface area contributed by atoms with Gasteiger partial charge in [0.15, 0.2) is 5.69 Å². The third-order valence-electron chi connectivity index (χ3n) is 2.42. The summed E-state index contributed by atoms with van der Waals surface area (Å²) in [6.45, 7) is 0. The summed E-state index contributed by atoms with van der Waals surface area (Å²) in [6.07, 6.45) is 2.66. The molecule has 0 unspecified atom stereocenters. The van der Waals surface area contributed by atoms with E-state index < -0.39 is 5.82 Å². The van der Waals surface area contributed by atoms with Crippen LogP contribution >= 0.6 is 0 Å². The van der Waals surface area contributed by atoms with E-state index >= 15 is 0 Å². The first-order valence-electron chi connectivity index (χ1n) is 5.40. The van der Waals surface area contributed by atoms with E-state index in [-0.39, 0.29) is 11.7 Å². The topological polar surface area (TPSA) is 90.7 Å². The molecule has 3 aromatic rings. The Bertz CT molecular complexity index is 710. The second-order valence-corrected chi connectivity index (χ2v) is 3.73. The van der Waals surface area contributed by atoms with Crippen molar-refractivity contribution in [3.05, 3.63) is 42.5 Å². The van der Waals surface area contributed by atoms with Crippen molar-refractivity contribution in [2.45, 2.75) is 0 Å². The van der Waals surface area contributed by atoms with Gasteiger partial charge >= 0.3 is 0 Å². The van der Waals surface area contributed by atoms with Gasteiger partial charge in [0.25, 0.3) is 5.89 Å². The molecule has 0 fully saturated rings. The van der Waals surface area contributed by atoms with Gasteiger partial charge < -0.3 is 10.3 Å². The molecule has 0 radical (unpaired) electrons. The maximum atomic E-state index is 12.8. The normalized spacial score (nSPS) is 10.6. The number of anilines is 1. The van der Waals surface area contributed by atoms with E-state index in [0.29, 0.717) is 17.1 Å². The van der Waals surface area contributed by atoms with E-state index in [9.17, 15) is 4.39 Å². The van der Waals surface area contributed by atoms with Gasteiger partial charge in [-0.3, -0.25) is 0 Å². The number of rotatable bonds is 2. The van der Waals surface area contributed by atoms with E-state index in [1.54, 1.807) is 18.3 Å². The molecule has 0 saturated heterocycles. The molecule has 0 bridgehead atoms. The third-order valence-corrected chi connectivity index (χ3v) is 2.42. The van der Waals surface area contributed by atoms with Crippen LogP contribution in [0.1, 0.15) is 0 Å². The Morgan fingerprint density at radius 1 is 1.16 bits per heavy atom. The Kier molecular flexibility index (Phi) is 2.64. The van der Waals surface area contributed by atoms with E-state index in [4.69, 9.17) is 10.3 Å². The Labute approximate surface area is 107 Å². The Morgan fingerprint density at radius 2 is 2.05 bits per heavy atom. The lowest BCUT2D eigenvalue weighted by Crippen LogP contribution is -1.92. The minimum absolute atomic E-state index is 0.194. The van der Waals surface area contributed by atoms with Crippen LogP contribution in [0.25, 0.3) is 23.1 Å². The Morgan fingerprint density at radius 3 is 2.79 bits per heavy atom. The summed E-state index contributed by atoms with van der Waals surface area (Å²) >= 11 is 0. The smallest absolute Gasteiger partial charge is 0.279 e. The number of pyridine rings is 2. The lowest BCUT2D eigenvalue weighted by atomic mass is 10.3. The molecule has 2 N–H and O–H groups in total. The predicted octanol–water partition coefficient (Wildman–Crippen LogP) is 1.91. The van der Waals surface area contributed by atoms with Crippen LogP contribution in [0.4, 0.5) is 10.1 Å². The molecule has 0 amide bonds. The fourth-order valence-electron chi connectivity index (χ4n) is 1.53. The number of hydrogen-bond donors (Lipinski definition) is 1. The van der Waals surface area contributed by atoms with Gasteiger partial charge in [-0.05, 0) is 24.3 Å². The molecule has 7 heteroatoms. The summed E-state index contributed by atoms with van der Waals surface area (Å²) in [4.78, 5) is 12.1. The van der Waals surface area contributed by atoms with Gasteiger partial charge in [-0.1, -0.05) is 5.16 Å². The van der Waals surface area contributed by atoms with E-state index in [2.05, 4.69) is 20.1 Å². The van der Waals surface area contributed by atoms with Crippen molar-refractivity contribution in [2.24, 2.45) is 0 Å². The van der Waals surface area contributed by atoms with Crippen LogP contribution in [0.2, 0.25) is 0 Å². The highest BCUT2D eigenvalue weighted by molar-refractivity contribution is 5.66. The molecule has 94 valence electrons. The molecule has 0 saturated carbocycles. The van der Waals surface area contributed by atoms with Gasteiger partial charge in [-0.25, -0.2) is 14.4 Å². The third kappa shape index (κ3) is 2.13. The summed E-state index contributed by atoms with van der Waals surface area (Å²) in [5.41, 5.74) is 7.01. The molecule has 19 heavy (non-hydrogen) atoms. The van der Waals surface area contributed by atoms with Crippen molar-refractivity contribution in [1.82, 2.24) is 20.1 Å². The van der Waals surface area contributed by atoms with Gasteiger partial charge in [0.1, 0.15) is 11.5 Å². The quantitative estimate of drug-likeness (QED) is 0.754. The molecule has 0 aliphatic heterocycles. The molecular formula is C12H8FN5O. The molecule has 0 aromatic carbocycles. The van der Waals surface area contributed by atoms with Crippen LogP contribution in [-0.2, 0) is 0 Å². The average Bonchev–Trinajstić information content (AvgIpc) is 2.89. The Balaban J connectivity index is 2.00. The zero-order valence-corrected chi connectivity index (χ0v) is 9.62. The van der Waals surface area contributed by atoms with Crippen molar-refractivity contribution in [1.29, 1.82) is 0 Å². The standard InChI is InChI=1S/C12H8FN5O/c13-7-3-4-9(16-6-7)11-17-12(19-18-11)10-8(14)2-1-5-15-10/h1-6H,14H2. The lowest BCUT2D eigenvalue weighted by molar-refractivity contribution is 0.431. The first-order chi connectivity index (χ1) is 9.24. The number of halogens is 1. The van der Waals surface area contributed by atoms with Crippen molar-refractivity contribution in [2.75, 3.05) is 5.73 Å². The second kappa shape index (κ2) is 4.45. The summed E-state index contributed by atoms with van der Waals surface area (Å²) in [6, 6.07) is 6.12. The molecule has 0 atom stereocenters. The highest BCUT2D eigenvalue weighted by Gasteiger charge is 2.14. The highest BCUT2D eigenvalue weighted by Crippen LogP contribution is 2.23. The number of nitrogens with zero attached hydrogens (tertiary/aromatic N) is 4. The fraction of sp³-hybridized carbons (Fsp3) is 0. The zero-order chi connectivity index (χ0) is 13.2. The maximum absolute atomic E-state index is 12.8. The SMILES string of the molecule is Nc1cccnc1-c1nc(-c2ccc(F)cn2)no1. The van der Waals surface area contributed by atoms with E-state index in [1.165, 1.54) is 12.1 Å². The van der Waals surface area contributed by atoms with Gasteiger partial charge in [-0.15, -0.1) is 0 Å². The van der Waals surface area contributed by atoms with Crippen LogP contribution in [0.3, 0.4) is 0 Å². The average molecular weight is 257 g/mol. The van der Waals surface area contributed by atoms with Crippen molar-refractivity contribution in [3.63, 3.8) is 0 Å². The molecule has 0 spiro atoms. The summed E-state index contributed by atoms with van der Waals surface area (Å²) in [5, 5.41) is 3.77. The summed E-state index contributed by atoms with van der Waals surface area (Å²) in [5.74, 6) is 0.0146. The van der Waals surface area contributed by atoms with Crippen LogP contribution in [0.5, 0.6) is 0 Å². The van der Waals surface area contributed by atoms with E-state index in [1.807, 2.05) is 0 Å². The first kappa shape index (κ1) is 11.3.